The fraction of sp³-hybridized carbons (Fsp3) is 0.0741. The fourth-order valence-electron chi connectivity index (χ4n) is 3.76. The molecule has 0 spiro atoms. The number of benzene rings is 4. The first-order valence-electron chi connectivity index (χ1n) is 10.1. The molecule has 150 valence electrons. The predicted molar refractivity (Wildman–Crippen MR) is 128 cm³/mol. The molecule has 0 saturated heterocycles. The SMILES string of the molecule is CC(OOCc1ccccc1)=P(c1ccccc1)(c1ccccc1)c1ccccc1. The van der Waals surface area contributed by atoms with Crippen LogP contribution in [-0.2, 0) is 16.4 Å². The van der Waals surface area contributed by atoms with Gasteiger partial charge >= 0.3 is 0 Å². The van der Waals surface area contributed by atoms with Crippen molar-refractivity contribution in [3.05, 3.63) is 127 Å². The second kappa shape index (κ2) is 9.73. The Morgan fingerprint density at radius 1 is 0.567 bits per heavy atom. The summed E-state index contributed by atoms with van der Waals surface area (Å²) >= 11 is 0. The van der Waals surface area contributed by atoms with Crippen LogP contribution in [0.3, 0.4) is 0 Å². The molecule has 3 heteroatoms. The van der Waals surface area contributed by atoms with Crippen LogP contribution in [0.25, 0.3) is 0 Å². The van der Waals surface area contributed by atoms with Crippen molar-refractivity contribution in [1.82, 2.24) is 0 Å². The van der Waals surface area contributed by atoms with Crippen LogP contribution in [0.15, 0.2) is 121 Å². The van der Waals surface area contributed by atoms with E-state index in [-0.39, 0.29) is 0 Å². The first kappa shape index (κ1) is 20.4. The molecule has 4 aromatic rings. The lowest BCUT2D eigenvalue weighted by molar-refractivity contribution is -0.231. The van der Waals surface area contributed by atoms with E-state index in [0.29, 0.717) is 6.61 Å². The molecule has 0 heterocycles. The summed E-state index contributed by atoms with van der Waals surface area (Å²) in [5.41, 5.74) is 1.95. The minimum atomic E-state index is -2.20. The van der Waals surface area contributed by atoms with Crippen LogP contribution in [0.4, 0.5) is 0 Å². The van der Waals surface area contributed by atoms with Gasteiger partial charge in [-0.15, -0.1) is 0 Å². The highest BCUT2D eigenvalue weighted by atomic mass is 31.2. The average Bonchev–Trinajstić information content (AvgIpc) is 2.82. The maximum Gasteiger partial charge on any atom is 0.108 e. The Hall–Kier alpha value is -2.90. The summed E-state index contributed by atoms with van der Waals surface area (Å²) in [4.78, 5) is 11.8. The largest absolute Gasteiger partial charge is 0.227 e. The van der Waals surface area contributed by atoms with E-state index in [1.165, 1.54) is 15.9 Å². The third kappa shape index (κ3) is 4.17. The topological polar surface area (TPSA) is 18.5 Å². The van der Waals surface area contributed by atoms with E-state index in [9.17, 15) is 0 Å². The summed E-state index contributed by atoms with van der Waals surface area (Å²) in [7, 11) is 0. The molecule has 0 radical (unpaired) electrons. The second-order valence-electron chi connectivity index (χ2n) is 7.03. The molecule has 0 bridgehead atoms. The molecule has 0 amide bonds. The maximum atomic E-state index is 6.04. The van der Waals surface area contributed by atoms with Gasteiger partial charge in [-0.2, -0.15) is 0 Å². The first-order valence-corrected chi connectivity index (χ1v) is 11.8. The van der Waals surface area contributed by atoms with Gasteiger partial charge in [0.1, 0.15) is 6.61 Å². The smallest absolute Gasteiger partial charge is 0.108 e. The molecular weight excluding hydrogens is 387 g/mol. The highest BCUT2D eigenvalue weighted by Gasteiger charge is 2.29. The molecule has 30 heavy (non-hydrogen) atoms. The molecular formula is C27H25O2P. The molecule has 4 rings (SSSR count). The molecule has 0 aliphatic heterocycles. The molecule has 0 N–H and O–H groups in total. The monoisotopic (exact) mass is 412 g/mol. The van der Waals surface area contributed by atoms with E-state index >= 15 is 0 Å². The summed E-state index contributed by atoms with van der Waals surface area (Å²) in [5, 5.41) is 3.72. The second-order valence-corrected chi connectivity index (χ2v) is 10.5. The van der Waals surface area contributed by atoms with Crippen molar-refractivity contribution in [1.29, 1.82) is 0 Å². The van der Waals surface area contributed by atoms with Gasteiger partial charge in [-0.3, -0.25) is 0 Å². The number of rotatable bonds is 7. The Morgan fingerprint density at radius 3 is 1.33 bits per heavy atom. The summed E-state index contributed by atoms with van der Waals surface area (Å²) in [6.07, 6.45) is 0. The molecule has 4 aromatic carbocycles. The minimum Gasteiger partial charge on any atom is -0.227 e. The van der Waals surface area contributed by atoms with Gasteiger partial charge in [-0.1, -0.05) is 121 Å². The van der Waals surface area contributed by atoms with Gasteiger partial charge in [0.2, 0.25) is 0 Å². The van der Waals surface area contributed by atoms with Crippen LogP contribution >= 0.6 is 6.89 Å². The quantitative estimate of drug-likeness (QED) is 0.234. The van der Waals surface area contributed by atoms with E-state index < -0.39 is 6.89 Å². The predicted octanol–water partition coefficient (Wildman–Crippen LogP) is 5.28. The third-order valence-corrected chi connectivity index (χ3v) is 9.39. The fourth-order valence-corrected chi connectivity index (χ4v) is 7.77. The third-order valence-electron chi connectivity index (χ3n) is 5.15. The van der Waals surface area contributed by atoms with Gasteiger partial charge in [-0.25, -0.2) is 9.78 Å². The maximum absolute atomic E-state index is 6.04. The van der Waals surface area contributed by atoms with Crippen LogP contribution in [0.1, 0.15) is 12.5 Å². The summed E-state index contributed by atoms with van der Waals surface area (Å²) < 4.78 is 0. The molecule has 0 unspecified atom stereocenters. The van der Waals surface area contributed by atoms with Crippen LogP contribution in [-0.4, -0.2) is 5.48 Å². The van der Waals surface area contributed by atoms with Gasteiger partial charge in [0, 0.05) is 6.89 Å². The molecule has 0 saturated carbocycles. The van der Waals surface area contributed by atoms with Crippen molar-refractivity contribution in [3.8, 4) is 0 Å². The Bertz CT molecular complexity index is 1010. The van der Waals surface area contributed by atoms with E-state index in [0.717, 1.165) is 11.0 Å². The van der Waals surface area contributed by atoms with Crippen LogP contribution in [0, 0.1) is 0 Å². The average molecular weight is 412 g/mol. The summed E-state index contributed by atoms with van der Waals surface area (Å²) in [5.74, 6) is 0. The van der Waals surface area contributed by atoms with E-state index in [2.05, 4.69) is 91.0 Å². The minimum absolute atomic E-state index is 0.399. The van der Waals surface area contributed by atoms with Crippen LogP contribution in [0.2, 0.25) is 0 Å². The molecule has 0 aliphatic carbocycles. The molecule has 0 atom stereocenters. The molecule has 0 aromatic heterocycles. The molecule has 0 fully saturated rings. The number of hydrogen-bond donors (Lipinski definition) is 0. The Labute approximate surface area is 178 Å². The Kier molecular flexibility index (Phi) is 6.61. The number of hydrogen-bond acceptors (Lipinski definition) is 2. The van der Waals surface area contributed by atoms with E-state index in [4.69, 9.17) is 9.78 Å². The van der Waals surface area contributed by atoms with Crippen molar-refractivity contribution < 1.29 is 9.78 Å². The molecule has 0 aliphatic rings. The van der Waals surface area contributed by atoms with Crippen molar-refractivity contribution in [2.45, 2.75) is 13.5 Å². The Morgan fingerprint density at radius 2 is 0.933 bits per heavy atom. The van der Waals surface area contributed by atoms with Gasteiger partial charge in [0.05, 0.1) is 5.48 Å². The summed E-state index contributed by atoms with van der Waals surface area (Å²) in [6.45, 7) is 0.251. The highest BCUT2D eigenvalue weighted by Crippen LogP contribution is 2.46. The lowest BCUT2D eigenvalue weighted by Gasteiger charge is -2.30. The normalized spacial score (nSPS) is 11.2. The lowest BCUT2D eigenvalue weighted by Crippen LogP contribution is -2.30. The van der Waals surface area contributed by atoms with Crippen LogP contribution < -0.4 is 15.9 Å². The standard InChI is InChI=1S/C27H25O2P/c1-23(29-28-22-24-14-6-2-7-15-24)30(25-16-8-3-9-17-25,26-18-10-4-11-19-26)27-20-12-5-13-21-27/h2-21H,22H2,1H3. The molecule has 2 nitrogen and oxygen atoms in total. The van der Waals surface area contributed by atoms with Crippen molar-refractivity contribution in [2.24, 2.45) is 0 Å². The zero-order valence-corrected chi connectivity index (χ0v) is 17.9. The van der Waals surface area contributed by atoms with Gasteiger partial charge in [-0.05, 0) is 28.4 Å². The lowest BCUT2D eigenvalue weighted by atomic mass is 10.2. The van der Waals surface area contributed by atoms with Crippen molar-refractivity contribution in [3.63, 3.8) is 0 Å². The Balaban J connectivity index is 1.86. The zero-order chi connectivity index (χ0) is 20.7. The van der Waals surface area contributed by atoms with E-state index in [1.54, 1.807) is 0 Å². The van der Waals surface area contributed by atoms with E-state index in [1.807, 2.05) is 37.3 Å². The van der Waals surface area contributed by atoms with Crippen molar-refractivity contribution >= 4 is 28.3 Å². The first-order chi connectivity index (χ1) is 14.8. The van der Waals surface area contributed by atoms with Gasteiger partial charge in [0.25, 0.3) is 0 Å². The highest BCUT2D eigenvalue weighted by molar-refractivity contribution is 7.95. The van der Waals surface area contributed by atoms with Gasteiger partial charge in [0.15, 0.2) is 0 Å². The van der Waals surface area contributed by atoms with Gasteiger partial charge < -0.3 is 0 Å². The zero-order valence-electron chi connectivity index (χ0n) is 17.0. The van der Waals surface area contributed by atoms with Crippen LogP contribution in [0.5, 0.6) is 0 Å². The summed E-state index contributed by atoms with van der Waals surface area (Å²) in [6, 6.07) is 41.9. The van der Waals surface area contributed by atoms with Crippen molar-refractivity contribution in [2.75, 3.05) is 0 Å².